The fourth-order valence-electron chi connectivity index (χ4n) is 1.88. The number of hydrogen-bond acceptors (Lipinski definition) is 3. The van der Waals surface area contributed by atoms with E-state index in [0.29, 0.717) is 6.54 Å². The van der Waals surface area contributed by atoms with Gasteiger partial charge in [0.25, 0.3) is 0 Å². The van der Waals surface area contributed by atoms with E-state index in [0.717, 1.165) is 22.8 Å². The van der Waals surface area contributed by atoms with E-state index in [9.17, 15) is 0 Å². The first kappa shape index (κ1) is 9.68. The molecule has 0 saturated carbocycles. The fourth-order valence-corrected chi connectivity index (χ4v) is 3.00. The lowest BCUT2D eigenvalue weighted by molar-refractivity contribution is 0.890. The monoisotopic (exact) mass is 209 g/mol. The molecule has 2 aromatic heterocycles. The fraction of sp³-hybridized carbons (Fsp3) is 0.500. The number of rotatable bonds is 2. The Kier molecular flexibility index (Phi) is 2.33. The maximum atomic E-state index is 5.74. The molecule has 0 amide bonds. The molecule has 0 unspecified atom stereocenters. The second-order valence-electron chi connectivity index (χ2n) is 3.42. The van der Waals surface area contributed by atoms with Crippen LogP contribution in [-0.4, -0.2) is 9.38 Å². The van der Waals surface area contributed by atoms with Crippen LogP contribution in [0.2, 0.25) is 0 Å². The molecule has 0 aliphatic heterocycles. The molecule has 2 heterocycles. The van der Waals surface area contributed by atoms with Crippen LogP contribution in [0.4, 0.5) is 0 Å². The zero-order valence-corrected chi connectivity index (χ0v) is 9.61. The molecule has 2 rings (SSSR count). The van der Waals surface area contributed by atoms with Crippen LogP contribution < -0.4 is 5.73 Å². The van der Waals surface area contributed by atoms with Gasteiger partial charge in [-0.2, -0.15) is 0 Å². The molecule has 0 radical (unpaired) electrons. The molecule has 76 valence electrons. The zero-order valence-electron chi connectivity index (χ0n) is 8.79. The second-order valence-corrected chi connectivity index (χ2v) is 4.61. The van der Waals surface area contributed by atoms with Crippen LogP contribution in [0, 0.1) is 13.8 Å². The minimum atomic E-state index is 0.566. The summed E-state index contributed by atoms with van der Waals surface area (Å²) < 4.78 is 2.22. The third-order valence-electron chi connectivity index (χ3n) is 2.59. The van der Waals surface area contributed by atoms with Gasteiger partial charge in [0.15, 0.2) is 4.96 Å². The van der Waals surface area contributed by atoms with E-state index in [1.54, 1.807) is 11.3 Å². The maximum Gasteiger partial charge on any atom is 0.194 e. The van der Waals surface area contributed by atoms with Crippen molar-refractivity contribution in [1.82, 2.24) is 9.38 Å². The summed E-state index contributed by atoms with van der Waals surface area (Å²) in [6.45, 7) is 6.91. The summed E-state index contributed by atoms with van der Waals surface area (Å²) in [5.74, 6) is 0. The van der Waals surface area contributed by atoms with Crippen LogP contribution in [-0.2, 0) is 13.0 Å². The predicted octanol–water partition coefficient (Wildman–Crippen LogP) is 2.03. The number of aryl methyl sites for hydroxylation is 3. The Morgan fingerprint density at radius 3 is 2.64 bits per heavy atom. The Morgan fingerprint density at radius 1 is 1.36 bits per heavy atom. The van der Waals surface area contributed by atoms with Gasteiger partial charge in [0.1, 0.15) is 0 Å². The van der Waals surface area contributed by atoms with E-state index in [1.807, 2.05) is 6.92 Å². The SMILES string of the molecule is CCc1c(C)sc2nc(C)c(CN)n12. The van der Waals surface area contributed by atoms with E-state index in [1.165, 1.54) is 10.6 Å². The average molecular weight is 209 g/mol. The van der Waals surface area contributed by atoms with Crippen molar-refractivity contribution in [1.29, 1.82) is 0 Å². The molecule has 0 aromatic carbocycles. The first-order valence-corrected chi connectivity index (χ1v) is 5.67. The number of nitrogens with two attached hydrogens (primary N) is 1. The predicted molar refractivity (Wildman–Crippen MR) is 59.8 cm³/mol. The number of fused-ring (bicyclic) bond motifs is 1. The van der Waals surface area contributed by atoms with E-state index in [2.05, 4.69) is 23.2 Å². The summed E-state index contributed by atoms with van der Waals surface area (Å²) in [5.41, 5.74) is 9.31. The Morgan fingerprint density at radius 2 is 2.07 bits per heavy atom. The smallest absolute Gasteiger partial charge is 0.194 e. The van der Waals surface area contributed by atoms with Crippen molar-refractivity contribution < 1.29 is 0 Å². The van der Waals surface area contributed by atoms with Crippen LogP contribution in [0.5, 0.6) is 0 Å². The minimum Gasteiger partial charge on any atom is -0.325 e. The number of hydrogen-bond donors (Lipinski definition) is 1. The van der Waals surface area contributed by atoms with E-state index in [4.69, 9.17) is 5.73 Å². The number of nitrogens with zero attached hydrogens (tertiary/aromatic N) is 2. The van der Waals surface area contributed by atoms with Gasteiger partial charge in [-0.3, -0.25) is 4.40 Å². The Hall–Kier alpha value is -0.870. The van der Waals surface area contributed by atoms with Crippen molar-refractivity contribution in [2.24, 2.45) is 5.73 Å². The van der Waals surface area contributed by atoms with Crippen molar-refractivity contribution in [3.05, 3.63) is 22.0 Å². The van der Waals surface area contributed by atoms with Gasteiger partial charge < -0.3 is 5.73 Å². The molecule has 0 aliphatic carbocycles. The van der Waals surface area contributed by atoms with Crippen molar-refractivity contribution in [3.63, 3.8) is 0 Å². The van der Waals surface area contributed by atoms with Crippen molar-refractivity contribution in [3.8, 4) is 0 Å². The number of imidazole rings is 1. The van der Waals surface area contributed by atoms with Gasteiger partial charge in [-0.25, -0.2) is 4.98 Å². The topological polar surface area (TPSA) is 43.3 Å². The Labute approximate surface area is 87.6 Å². The van der Waals surface area contributed by atoms with Gasteiger partial charge in [-0.05, 0) is 20.3 Å². The largest absolute Gasteiger partial charge is 0.325 e. The van der Waals surface area contributed by atoms with Gasteiger partial charge >= 0.3 is 0 Å². The summed E-state index contributed by atoms with van der Waals surface area (Å²) in [6, 6.07) is 0. The van der Waals surface area contributed by atoms with Crippen LogP contribution in [0.1, 0.15) is 28.9 Å². The second kappa shape index (κ2) is 3.37. The van der Waals surface area contributed by atoms with E-state index >= 15 is 0 Å². The third kappa shape index (κ3) is 1.18. The van der Waals surface area contributed by atoms with Crippen LogP contribution in [0.3, 0.4) is 0 Å². The first-order valence-electron chi connectivity index (χ1n) is 4.85. The molecule has 0 bridgehead atoms. The van der Waals surface area contributed by atoms with Crippen LogP contribution in [0.25, 0.3) is 4.96 Å². The molecule has 2 aromatic rings. The van der Waals surface area contributed by atoms with E-state index < -0.39 is 0 Å². The standard InChI is InChI=1S/C10H15N3S/c1-4-8-7(3)14-10-12-6(2)9(5-11)13(8)10/h4-5,11H2,1-3H3. The highest BCUT2D eigenvalue weighted by Crippen LogP contribution is 2.25. The Bertz CT molecular complexity index is 428. The van der Waals surface area contributed by atoms with Crippen LogP contribution in [0.15, 0.2) is 0 Å². The van der Waals surface area contributed by atoms with Crippen molar-refractivity contribution >= 4 is 16.3 Å². The van der Waals surface area contributed by atoms with Crippen molar-refractivity contribution in [2.45, 2.75) is 33.7 Å². The lowest BCUT2D eigenvalue weighted by Crippen LogP contribution is -2.04. The third-order valence-corrected chi connectivity index (χ3v) is 3.59. The highest BCUT2D eigenvalue weighted by Gasteiger charge is 2.14. The molecule has 0 saturated heterocycles. The lowest BCUT2D eigenvalue weighted by atomic mass is 10.3. The maximum absolute atomic E-state index is 5.74. The lowest BCUT2D eigenvalue weighted by Gasteiger charge is -2.01. The Balaban J connectivity index is 2.81. The molecule has 0 aliphatic rings. The van der Waals surface area contributed by atoms with Gasteiger partial charge in [0, 0.05) is 17.1 Å². The zero-order chi connectivity index (χ0) is 10.3. The molecule has 2 N–H and O–H groups in total. The molecule has 4 heteroatoms. The molecular formula is C10H15N3S. The van der Waals surface area contributed by atoms with Gasteiger partial charge in [0.2, 0.25) is 0 Å². The summed E-state index contributed by atoms with van der Waals surface area (Å²) in [6.07, 6.45) is 1.04. The molecular weight excluding hydrogens is 194 g/mol. The number of aromatic nitrogens is 2. The molecule has 0 fully saturated rings. The molecule has 0 spiro atoms. The minimum absolute atomic E-state index is 0.566. The first-order chi connectivity index (χ1) is 6.69. The van der Waals surface area contributed by atoms with Crippen LogP contribution >= 0.6 is 11.3 Å². The van der Waals surface area contributed by atoms with Crippen molar-refractivity contribution in [2.75, 3.05) is 0 Å². The summed E-state index contributed by atoms with van der Waals surface area (Å²) in [7, 11) is 0. The quantitative estimate of drug-likeness (QED) is 0.822. The summed E-state index contributed by atoms with van der Waals surface area (Å²) >= 11 is 1.75. The van der Waals surface area contributed by atoms with Gasteiger partial charge in [-0.1, -0.05) is 6.92 Å². The van der Waals surface area contributed by atoms with Gasteiger partial charge in [-0.15, -0.1) is 11.3 Å². The highest BCUT2D eigenvalue weighted by molar-refractivity contribution is 7.17. The van der Waals surface area contributed by atoms with E-state index in [-0.39, 0.29) is 0 Å². The summed E-state index contributed by atoms with van der Waals surface area (Å²) in [4.78, 5) is 6.95. The number of thiazole rings is 1. The summed E-state index contributed by atoms with van der Waals surface area (Å²) in [5, 5.41) is 0. The average Bonchev–Trinajstić information content (AvgIpc) is 2.58. The molecule has 3 nitrogen and oxygen atoms in total. The van der Waals surface area contributed by atoms with Gasteiger partial charge in [0.05, 0.1) is 11.4 Å². The highest BCUT2D eigenvalue weighted by atomic mass is 32.1. The normalized spacial score (nSPS) is 11.4. The molecule has 14 heavy (non-hydrogen) atoms. The molecule has 0 atom stereocenters.